The van der Waals surface area contributed by atoms with Crippen LogP contribution in [0.5, 0.6) is 0 Å². The van der Waals surface area contributed by atoms with Crippen molar-refractivity contribution in [1.29, 1.82) is 0 Å². The predicted molar refractivity (Wildman–Crippen MR) is 148 cm³/mol. The molecule has 0 bridgehead atoms. The Bertz CT molecular complexity index is 1380. The largest absolute Gasteiger partial charge is 0.468 e. The summed E-state index contributed by atoms with van der Waals surface area (Å²) in [6.07, 6.45) is 0.859. The zero-order valence-corrected chi connectivity index (χ0v) is 22.9. The fourth-order valence-electron chi connectivity index (χ4n) is 5.40. The Balaban J connectivity index is 1.26. The van der Waals surface area contributed by atoms with Crippen LogP contribution in [0.4, 0.5) is 9.59 Å². The van der Waals surface area contributed by atoms with E-state index < -0.39 is 36.1 Å². The maximum atomic E-state index is 13.4. The molecule has 2 heterocycles. The lowest BCUT2D eigenvalue weighted by Crippen LogP contribution is -2.57. The number of nitrogens with zero attached hydrogens (tertiary/aromatic N) is 2. The Kier molecular flexibility index (Phi) is 8.06. The van der Waals surface area contributed by atoms with Gasteiger partial charge in [0.2, 0.25) is 5.91 Å². The van der Waals surface area contributed by atoms with Crippen molar-refractivity contribution in [2.75, 3.05) is 40.0 Å². The minimum atomic E-state index is -0.685. The number of carbonyl (C=O) groups excluding carboxylic acids is 4. The van der Waals surface area contributed by atoms with Gasteiger partial charge in [0.15, 0.2) is 0 Å². The Morgan fingerprint density at radius 2 is 1.76 bits per heavy atom. The first-order valence-corrected chi connectivity index (χ1v) is 13.3. The molecular weight excluding hydrogens is 528 g/mol. The Morgan fingerprint density at radius 3 is 2.41 bits per heavy atom. The van der Waals surface area contributed by atoms with Gasteiger partial charge in [-0.25, -0.2) is 9.59 Å². The summed E-state index contributed by atoms with van der Waals surface area (Å²) < 4.78 is 16.1. The van der Waals surface area contributed by atoms with E-state index in [0.717, 1.165) is 22.3 Å². The number of rotatable bonds is 8. The standard InChI is InChI=1S/C30H32N4O7/c1-18-12-33(29(37)31-19(18)2)13-27(35)34(14-28(36)39-3)26-17-40-16-25(26)32-30(38)41-15-24-22-10-6-4-8-20(22)21-9-5-7-11-23(21)24/h4-12,24-26H,2,13-17H2,1,3H3,(H,31,37)(H,32,38)/t25-,26-/m1/s1. The van der Waals surface area contributed by atoms with E-state index in [9.17, 15) is 19.2 Å². The number of hydrogen-bond donors (Lipinski definition) is 2. The van der Waals surface area contributed by atoms with E-state index in [-0.39, 0.29) is 38.8 Å². The first kappa shape index (κ1) is 27.9. The minimum Gasteiger partial charge on any atom is -0.468 e. The highest BCUT2D eigenvalue weighted by Crippen LogP contribution is 2.44. The first-order chi connectivity index (χ1) is 19.8. The van der Waals surface area contributed by atoms with Crippen LogP contribution in [0.1, 0.15) is 24.0 Å². The van der Waals surface area contributed by atoms with Gasteiger partial charge in [-0.1, -0.05) is 55.1 Å². The van der Waals surface area contributed by atoms with Crippen LogP contribution >= 0.6 is 0 Å². The van der Waals surface area contributed by atoms with Crippen molar-refractivity contribution in [2.45, 2.75) is 24.9 Å². The smallest absolute Gasteiger partial charge is 0.407 e. The summed E-state index contributed by atoms with van der Waals surface area (Å²) in [5.41, 5.74) is 5.56. The molecule has 11 nitrogen and oxygen atoms in total. The molecule has 0 radical (unpaired) electrons. The molecule has 11 heteroatoms. The molecule has 1 aliphatic carbocycles. The number of ether oxygens (including phenoxy) is 3. The molecule has 0 aromatic heterocycles. The summed E-state index contributed by atoms with van der Waals surface area (Å²) in [4.78, 5) is 53.5. The van der Waals surface area contributed by atoms with E-state index in [1.165, 1.54) is 23.1 Å². The number of amides is 4. The molecule has 2 N–H and O–H groups in total. The van der Waals surface area contributed by atoms with Crippen LogP contribution in [-0.4, -0.2) is 85.9 Å². The van der Waals surface area contributed by atoms with Crippen molar-refractivity contribution < 1.29 is 33.4 Å². The molecule has 4 amide bonds. The molecule has 0 spiro atoms. The number of benzene rings is 2. The fraction of sp³-hybridized carbons (Fsp3) is 0.333. The Morgan fingerprint density at radius 1 is 1.10 bits per heavy atom. The molecule has 0 saturated carbocycles. The van der Waals surface area contributed by atoms with Crippen LogP contribution in [0.15, 0.2) is 72.6 Å². The van der Waals surface area contributed by atoms with Gasteiger partial charge in [0.25, 0.3) is 0 Å². The third kappa shape index (κ3) is 5.80. The van der Waals surface area contributed by atoms with Crippen LogP contribution in [-0.2, 0) is 23.8 Å². The summed E-state index contributed by atoms with van der Waals surface area (Å²) >= 11 is 0. The SMILES string of the molecule is C=C1NC(=O)N(CC(=O)N(CC(=O)OC)[C@@H]2COC[C@H]2NC(=O)OCC2c3ccccc3-c3ccccc32)C=C1C. The summed E-state index contributed by atoms with van der Waals surface area (Å²) in [5.74, 6) is -1.27. The summed E-state index contributed by atoms with van der Waals surface area (Å²) in [6, 6.07) is 14.2. The van der Waals surface area contributed by atoms with Gasteiger partial charge in [-0.05, 0) is 34.8 Å². The Hall–Kier alpha value is -4.64. The van der Waals surface area contributed by atoms with Crippen LogP contribution in [0.3, 0.4) is 0 Å². The molecule has 0 unspecified atom stereocenters. The molecule has 2 aromatic rings. The number of nitrogens with one attached hydrogen (secondary N) is 2. The quantitative estimate of drug-likeness (QED) is 0.476. The van der Waals surface area contributed by atoms with Gasteiger partial charge >= 0.3 is 18.1 Å². The summed E-state index contributed by atoms with van der Waals surface area (Å²) in [5, 5.41) is 5.40. The molecule has 214 valence electrons. The van der Waals surface area contributed by atoms with Gasteiger partial charge in [0.05, 0.1) is 32.4 Å². The maximum absolute atomic E-state index is 13.4. The highest BCUT2D eigenvalue weighted by Gasteiger charge is 2.39. The highest BCUT2D eigenvalue weighted by atomic mass is 16.6. The minimum absolute atomic E-state index is 0.0783. The molecule has 41 heavy (non-hydrogen) atoms. The average Bonchev–Trinajstić information content (AvgIpc) is 3.55. The van der Waals surface area contributed by atoms with Crippen molar-refractivity contribution in [3.8, 4) is 11.1 Å². The van der Waals surface area contributed by atoms with E-state index in [1.54, 1.807) is 6.92 Å². The molecule has 5 rings (SSSR count). The van der Waals surface area contributed by atoms with Crippen molar-refractivity contribution in [3.05, 3.63) is 83.7 Å². The number of hydrogen-bond acceptors (Lipinski definition) is 7. The van der Waals surface area contributed by atoms with Crippen LogP contribution in [0, 0.1) is 0 Å². The lowest BCUT2D eigenvalue weighted by Gasteiger charge is -2.33. The molecule has 3 aliphatic rings. The second-order valence-corrected chi connectivity index (χ2v) is 10.1. The lowest BCUT2D eigenvalue weighted by molar-refractivity contribution is -0.148. The fourth-order valence-corrected chi connectivity index (χ4v) is 5.40. The predicted octanol–water partition coefficient (Wildman–Crippen LogP) is 2.74. The third-order valence-corrected chi connectivity index (χ3v) is 7.59. The third-order valence-electron chi connectivity index (χ3n) is 7.59. The number of fused-ring (bicyclic) bond motifs is 3. The van der Waals surface area contributed by atoms with E-state index in [2.05, 4.69) is 29.3 Å². The summed E-state index contributed by atoms with van der Waals surface area (Å²) in [6.45, 7) is 5.12. The van der Waals surface area contributed by atoms with Gasteiger partial charge in [0.1, 0.15) is 19.7 Å². The number of esters is 1. The topological polar surface area (TPSA) is 127 Å². The molecule has 2 aliphatic heterocycles. The monoisotopic (exact) mass is 560 g/mol. The van der Waals surface area contributed by atoms with E-state index in [0.29, 0.717) is 11.3 Å². The van der Waals surface area contributed by atoms with Crippen molar-refractivity contribution in [3.63, 3.8) is 0 Å². The van der Waals surface area contributed by atoms with Gasteiger partial charge in [-0.2, -0.15) is 0 Å². The van der Waals surface area contributed by atoms with Gasteiger partial charge in [-0.15, -0.1) is 0 Å². The molecule has 2 aromatic carbocycles. The molecule has 2 atom stereocenters. The van der Waals surface area contributed by atoms with Gasteiger partial charge < -0.3 is 29.7 Å². The average molecular weight is 561 g/mol. The van der Waals surface area contributed by atoms with Crippen LogP contribution < -0.4 is 10.6 Å². The second kappa shape index (κ2) is 11.8. The number of methoxy groups -OCH3 is 1. The maximum Gasteiger partial charge on any atom is 0.407 e. The summed E-state index contributed by atoms with van der Waals surface area (Å²) in [7, 11) is 1.22. The number of allylic oxidation sites excluding steroid dienone is 1. The lowest BCUT2D eigenvalue weighted by atomic mass is 9.98. The van der Waals surface area contributed by atoms with Gasteiger partial charge in [0, 0.05) is 17.8 Å². The van der Waals surface area contributed by atoms with Crippen molar-refractivity contribution in [1.82, 2.24) is 20.4 Å². The molecule has 1 fully saturated rings. The van der Waals surface area contributed by atoms with Crippen molar-refractivity contribution >= 4 is 24.0 Å². The number of alkyl carbamates (subject to hydrolysis) is 1. The zero-order chi connectivity index (χ0) is 29.1. The molecular formula is C30H32N4O7. The van der Waals surface area contributed by atoms with E-state index in [1.807, 2.05) is 36.4 Å². The Labute approximate surface area is 237 Å². The molecule has 1 saturated heterocycles. The second-order valence-electron chi connectivity index (χ2n) is 10.1. The van der Waals surface area contributed by atoms with Crippen LogP contribution in [0.25, 0.3) is 11.1 Å². The highest BCUT2D eigenvalue weighted by molar-refractivity contribution is 5.89. The van der Waals surface area contributed by atoms with Gasteiger partial charge in [-0.3, -0.25) is 14.5 Å². The van der Waals surface area contributed by atoms with E-state index in [4.69, 9.17) is 14.2 Å². The number of urea groups is 1. The normalized spacial score (nSPS) is 19.6. The van der Waals surface area contributed by atoms with E-state index >= 15 is 0 Å². The first-order valence-electron chi connectivity index (χ1n) is 13.3. The van der Waals surface area contributed by atoms with Crippen molar-refractivity contribution in [2.24, 2.45) is 0 Å². The number of carbonyl (C=O) groups is 4. The van der Waals surface area contributed by atoms with Crippen LogP contribution in [0.2, 0.25) is 0 Å². The zero-order valence-electron chi connectivity index (χ0n) is 22.9.